The first-order chi connectivity index (χ1) is 11.6. The number of hydrogen-bond donors (Lipinski definition) is 2. The van der Waals surface area contributed by atoms with Gasteiger partial charge in [0.05, 0.1) is 17.8 Å². The van der Waals surface area contributed by atoms with Crippen molar-refractivity contribution in [3.63, 3.8) is 0 Å². The number of nitrogens with zero attached hydrogens (tertiary/aromatic N) is 2. The van der Waals surface area contributed by atoms with E-state index in [1.165, 1.54) is 12.1 Å². The van der Waals surface area contributed by atoms with Crippen molar-refractivity contribution in [1.82, 2.24) is 15.1 Å². The third-order valence-corrected chi connectivity index (χ3v) is 5.17. The van der Waals surface area contributed by atoms with Gasteiger partial charge in [0.1, 0.15) is 11.6 Å². The molecule has 1 aromatic carbocycles. The first kappa shape index (κ1) is 20.0. The van der Waals surface area contributed by atoms with Crippen LogP contribution in [-0.2, 0) is 11.3 Å². The lowest BCUT2D eigenvalue weighted by atomic mass is 10.2. The Hall–Kier alpha value is -1.28. The van der Waals surface area contributed by atoms with Crippen molar-refractivity contribution >= 4 is 47.5 Å². The van der Waals surface area contributed by atoms with Crippen LogP contribution in [0, 0.1) is 5.82 Å². The molecule has 1 atom stereocenters. The van der Waals surface area contributed by atoms with Crippen molar-refractivity contribution in [3.05, 3.63) is 46.9 Å². The summed E-state index contributed by atoms with van der Waals surface area (Å²) in [6.07, 6.45) is 2.03. The summed E-state index contributed by atoms with van der Waals surface area (Å²) in [5.41, 5.74) is 0.724. The van der Waals surface area contributed by atoms with E-state index in [1.54, 1.807) is 23.0 Å². The molecule has 136 valence electrons. The highest BCUT2D eigenvalue weighted by Crippen LogP contribution is 2.18. The normalized spacial score (nSPS) is 17.0. The fraction of sp³-hybridized carbons (Fsp3) is 0.375. The second-order valence-electron chi connectivity index (χ2n) is 5.60. The van der Waals surface area contributed by atoms with Crippen molar-refractivity contribution in [2.75, 3.05) is 23.4 Å². The number of amides is 1. The number of hydrogen-bond acceptors (Lipinski definition) is 4. The lowest BCUT2D eigenvalue weighted by molar-refractivity contribution is -0.116. The summed E-state index contributed by atoms with van der Waals surface area (Å²) in [4.78, 5) is 12.2. The molecule has 1 fully saturated rings. The van der Waals surface area contributed by atoms with Gasteiger partial charge in [0, 0.05) is 36.6 Å². The highest BCUT2D eigenvalue weighted by molar-refractivity contribution is 7.99. The van der Waals surface area contributed by atoms with Gasteiger partial charge in [-0.1, -0.05) is 17.7 Å². The number of carbonyl (C=O) groups excluding carboxylic acids is 1. The number of rotatable bonds is 5. The molecule has 0 spiro atoms. The smallest absolute Gasteiger partial charge is 0.227 e. The quantitative estimate of drug-likeness (QED) is 0.803. The fourth-order valence-electron chi connectivity index (χ4n) is 2.54. The van der Waals surface area contributed by atoms with Crippen molar-refractivity contribution in [2.45, 2.75) is 19.0 Å². The zero-order valence-corrected chi connectivity index (χ0v) is 15.8. The highest BCUT2D eigenvalue weighted by Gasteiger charge is 2.17. The van der Waals surface area contributed by atoms with Gasteiger partial charge in [0.2, 0.25) is 5.91 Å². The van der Waals surface area contributed by atoms with E-state index in [2.05, 4.69) is 15.7 Å². The van der Waals surface area contributed by atoms with Crippen LogP contribution >= 0.6 is 35.8 Å². The van der Waals surface area contributed by atoms with Gasteiger partial charge in [-0.2, -0.15) is 16.9 Å². The van der Waals surface area contributed by atoms with Crippen LogP contribution in [0.4, 0.5) is 10.2 Å². The lowest BCUT2D eigenvalue weighted by Gasteiger charge is -2.22. The zero-order valence-electron chi connectivity index (χ0n) is 13.4. The lowest BCUT2D eigenvalue weighted by Crippen LogP contribution is -2.40. The SMILES string of the molecule is Cl.O=C(CC1CSCCN1)Nc1ccnn1Cc1ccc(Cl)c(F)c1. The van der Waals surface area contributed by atoms with Crippen molar-refractivity contribution in [3.8, 4) is 0 Å². The maximum atomic E-state index is 13.5. The molecular weight excluding hydrogens is 386 g/mol. The van der Waals surface area contributed by atoms with E-state index in [4.69, 9.17) is 11.6 Å². The predicted molar refractivity (Wildman–Crippen MR) is 102 cm³/mol. The summed E-state index contributed by atoms with van der Waals surface area (Å²) < 4.78 is 15.2. The van der Waals surface area contributed by atoms with Crippen LogP contribution in [0.2, 0.25) is 5.02 Å². The maximum Gasteiger partial charge on any atom is 0.227 e. The molecule has 2 N–H and O–H groups in total. The monoisotopic (exact) mass is 404 g/mol. The zero-order chi connectivity index (χ0) is 16.9. The van der Waals surface area contributed by atoms with Crippen LogP contribution < -0.4 is 10.6 Å². The minimum Gasteiger partial charge on any atom is -0.312 e. The van der Waals surface area contributed by atoms with Gasteiger partial charge in [0.25, 0.3) is 0 Å². The van der Waals surface area contributed by atoms with E-state index in [9.17, 15) is 9.18 Å². The molecule has 0 radical (unpaired) electrons. The minimum absolute atomic E-state index is 0. The van der Waals surface area contributed by atoms with Gasteiger partial charge in [0.15, 0.2) is 0 Å². The molecule has 1 aliphatic rings. The first-order valence-corrected chi connectivity index (χ1v) is 9.22. The van der Waals surface area contributed by atoms with Crippen LogP contribution in [0.5, 0.6) is 0 Å². The summed E-state index contributed by atoms with van der Waals surface area (Å²) in [5.74, 6) is 2.10. The Kier molecular flexibility index (Phi) is 7.56. The Bertz CT molecular complexity index is 722. The second kappa shape index (κ2) is 9.43. The minimum atomic E-state index is -0.465. The van der Waals surface area contributed by atoms with Gasteiger partial charge >= 0.3 is 0 Å². The van der Waals surface area contributed by atoms with Crippen molar-refractivity contribution in [1.29, 1.82) is 0 Å². The summed E-state index contributed by atoms with van der Waals surface area (Å²) >= 11 is 7.55. The third-order valence-electron chi connectivity index (χ3n) is 3.73. The number of carbonyl (C=O) groups is 1. The molecular formula is C16H19Cl2FN4OS. The van der Waals surface area contributed by atoms with Crippen molar-refractivity contribution < 1.29 is 9.18 Å². The summed E-state index contributed by atoms with van der Waals surface area (Å²) in [7, 11) is 0. The third kappa shape index (κ3) is 5.60. The van der Waals surface area contributed by atoms with E-state index in [0.717, 1.165) is 23.6 Å². The molecule has 1 amide bonds. The Balaban J connectivity index is 0.00000225. The Morgan fingerprint density at radius 2 is 2.32 bits per heavy atom. The number of benzene rings is 1. The molecule has 0 bridgehead atoms. The average molecular weight is 405 g/mol. The topological polar surface area (TPSA) is 59.0 Å². The van der Waals surface area contributed by atoms with Gasteiger partial charge in [-0.15, -0.1) is 12.4 Å². The summed E-state index contributed by atoms with van der Waals surface area (Å²) in [6, 6.07) is 6.55. The molecule has 1 aromatic heterocycles. The molecule has 1 saturated heterocycles. The van der Waals surface area contributed by atoms with Crippen LogP contribution in [-0.4, -0.2) is 39.8 Å². The van der Waals surface area contributed by atoms with Gasteiger partial charge in [-0.05, 0) is 17.7 Å². The molecule has 0 saturated carbocycles. The number of anilines is 1. The molecule has 5 nitrogen and oxygen atoms in total. The molecule has 9 heteroatoms. The standard InChI is InChI=1S/C16H18ClFN4OS.ClH/c17-13-2-1-11(7-14(13)18)9-22-15(3-4-20-22)21-16(23)8-12-10-24-6-5-19-12;/h1-4,7,12,19H,5-6,8-10H2,(H,21,23);1H. The van der Waals surface area contributed by atoms with Gasteiger partial charge in [-0.25, -0.2) is 9.07 Å². The average Bonchev–Trinajstić information content (AvgIpc) is 2.98. The summed E-state index contributed by atoms with van der Waals surface area (Å²) in [5, 5.41) is 10.5. The van der Waals surface area contributed by atoms with E-state index in [-0.39, 0.29) is 29.4 Å². The second-order valence-corrected chi connectivity index (χ2v) is 7.16. The predicted octanol–water partition coefficient (Wildman–Crippen LogP) is 3.18. The Morgan fingerprint density at radius 1 is 1.48 bits per heavy atom. The van der Waals surface area contributed by atoms with Gasteiger partial charge in [-0.3, -0.25) is 4.79 Å². The molecule has 3 rings (SSSR count). The van der Waals surface area contributed by atoms with Crippen LogP contribution in [0.15, 0.2) is 30.5 Å². The largest absolute Gasteiger partial charge is 0.312 e. The number of nitrogens with one attached hydrogen (secondary N) is 2. The fourth-order valence-corrected chi connectivity index (χ4v) is 3.61. The molecule has 0 aliphatic carbocycles. The van der Waals surface area contributed by atoms with Crippen LogP contribution in [0.1, 0.15) is 12.0 Å². The van der Waals surface area contributed by atoms with Crippen LogP contribution in [0.25, 0.3) is 0 Å². The highest BCUT2D eigenvalue weighted by atomic mass is 35.5. The van der Waals surface area contributed by atoms with Gasteiger partial charge < -0.3 is 10.6 Å². The van der Waals surface area contributed by atoms with Crippen molar-refractivity contribution in [2.24, 2.45) is 0 Å². The molecule has 25 heavy (non-hydrogen) atoms. The summed E-state index contributed by atoms with van der Waals surface area (Å²) in [6.45, 7) is 1.29. The van der Waals surface area contributed by atoms with E-state index < -0.39 is 5.82 Å². The number of thioether (sulfide) groups is 1. The molecule has 2 aromatic rings. The molecule has 2 heterocycles. The van der Waals surface area contributed by atoms with E-state index in [1.807, 2.05) is 11.8 Å². The molecule has 1 unspecified atom stereocenters. The number of halogens is 3. The van der Waals surface area contributed by atoms with E-state index in [0.29, 0.717) is 18.8 Å². The van der Waals surface area contributed by atoms with Crippen LogP contribution in [0.3, 0.4) is 0 Å². The maximum absolute atomic E-state index is 13.5. The first-order valence-electron chi connectivity index (χ1n) is 7.68. The Morgan fingerprint density at radius 3 is 3.04 bits per heavy atom. The number of aromatic nitrogens is 2. The van der Waals surface area contributed by atoms with E-state index >= 15 is 0 Å². The Labute approximate surface area is 161 Å². The molecule has 1 aliphatic heterocycles.